The minimum Gasteiger partial charge on any atom is -0.336 e. The number of hydrogen-bond donors (Lipinski definition) is 0. The second kappa shape index (κ2) is 7.73. The van der Waals surface area contributed by atoms with Gasteiger partial charge in [0.15, 0.2) is 0 Å². The Hall–Kier alpha value is -2.10. The predicted molar refractivity (Wildman–Crippen MR) is 97.6 cm³/mol. The summed E-state index contributed by atoms with van der Waals surface area (Å²) in [5.74, 6) is -0.279. The van der Waals surface area contributed by atoms with E-state index in [2.05, 4.69) is 0 Å². The molecule has 0 radical (unpaired) electrons. The molecule has 28 heavy (non-hydrogen) atoms. The van der Waals surface area contributed by atoms with Gasteiger partial charge in [-0.05, 0) is 36.4 Å². The normalized spacial score (nSPS) is 16.2. The first-order chi connectivity index (χ1) is 13.1. The van der Waals surface area contributed by atoms with E-state index in [0.717, 1.165) is 22.5 Å². The summed E-state index contributed by atoms with van der Waals surface area (Å²) in [5, 5.41) is 0.414. The molecule has 1 amide bonds. The van der Waals surface area contributed by atoms with E-state index < -0.39 is 26.7 Å². The maximum atomic E-state index is 12.9. The molecule has 3 rings (SSSR count). The van der Waals surface area contributed by atoms with Crippen LogP contribution in [0.15, 0.2) is 53.4 Å². The van der Waals surface area contributed by atoms with E-state index in [4.69, 9.17) is 11.6 Å². The number of sulfonamides is 1. The van der Waals surface area contributed by atoms with Crippen molar-refractivity contribution in [3.63, 3.8) is 0 Å². The first-order valence-electron chi connectivity index (χ1n) is 8.31. The molecule has 2 aromatic carbocycles. The zero-order chi connectivity index (χ0) is 20.5. The number of benzene rings is 2. The summed E-state index contributed by atoms with van der Waals surface area (Å²) in [4.78, 5) is 13.6. The first kappa shape index (κ1) is 20.6. The summed E-state index contributed by atoms with van der Waals surface area (Å²) in [6.07, 6.45) is -4.63. The van der Waals surface area contributed by atoms with Gasteiger partial charge in [-0.15, -0.1) is 0 Å². The number of amides is 1. The second-order valence-corrected chi connectivity index (χ2v) is 8.61. The molecule has 0 bridgehead atoms. The number of piperazine rings is 1. The molecule has 1 heterocycles. The predicted octanol–water partition coefficient (Wildman–Crippen LogP) is 3.51. The Labute approximate surface area is 165 Å². The van der Waals surface area contributed by atoms with E-state index in [0.29, 0.717) is 16.7 Å². The van der Waals surface area contributed by atoms with Crippen molar-refractivity contribution >= 4 is 27.5 Å². The van der Waals surface area contributed by atoms with Crippen LogP contribution >= 0.6 is 11.6 Å². The molecule has 1 aliphatic heterocycles. The first-order valence-corrected chi connectivity index (χ1v) is 10.1. The van der Waals surface area contributed by atoms with Crippen LogP contribution in [-0.2, 0) is 16.2 Å². The molecule has 0 unspecified atom stereocenters. The molecule has 1 aliphatic rings. The van der Waals surface area contributed by atoms with E-state index in [-0.39, 0.29) is 32.1 Å². The number of alkyl halides is 3. The van der Waals surface area contributed by atoms with Crippen molar-refractivity contribution in [2.45, 2.75) is 11.1 Å². The average Bonchev–Trinajstić information content (AvgIpc) is 2.67. The third-order valence-electron chi connectivity index (χ3n) is 4.40. The third kappa shape index (κ3) is 4.31. The van der Waals surface area contributed by atoms with Crippen molar-refractivity contribution in [1.82, 2.24) is 9.21 Å². The molecule has 1 saturated heterocycles. The summed E-state index contributed by atoms with van der Waals surface area (Å²) in [7, 11) is -4.09. The van der Waals surface area contributed by atoms with Crippen LogP contribution in [0.1, 0.15) is 15.9 Å². The Morgan fingerprint density at radius 1 is 0.964 bits per heavy atom. The highest BCUT2D eigenvalue weighted by Crippen LogP contribution is 2.31. The SMILES string of the molecule is O=C(c1cccc(Cl)c1)N1CCN(S(=O)(=O)c2cccc(C(F)(F)F)c2)CC1. The van der Waals surface area contributed by atoms with Crippen molar-refractivity contribution in [2.75, 3.05) is 26.2 Å². The molecule has 150 valence electrons. The Morgan fingerprint density at radius 3 is 2.21 bits per heavy atom. The van der Waals surface area contributed by atoms with Gasteiger partial charge in [-0.2, -0.15) is 17.5 Å². The van der Waals surface area contributed by atoms with Crippen LogP contribution in [-0.4, -0.2) is 49.7 Å². The van der Waals surface area contributed by atoms with Gasteiger partial charge in [0.1, 0.15) is 0 Å². The van der Waals surface area contributed by atoms with Crippen molar-refractivity contribution in [1.29, 1.82) is 0 Å². The van der Waals surface area contributed by atoms with E-state index in [1.165, 1.54) is 11.0 Å². The molecule has 0 spiro atoms. The average molecular weight is 433 g/mol. The molecule has 0 aliphatic carbocycles. The monoisotopic (exact) mass is 432 g/mol. The fraction of sp³-hybridized carbons (Fsp3) is 0.278. The van der Waals surface area contributed by atoms with Crippen LogP contribution in [0.2, 0.25) is 5.02 Å². The maximum Gasteiger partial charge on any atom is 0.416 e. The molecule has 0 N–H and O–H groups in total. The summed E-state index contributed by atoms with van der Waals surface area (Å²) < 4.78 is 65.1. The lowest BCUT2D eigenvalue weighted by Gasteiger charge is -2.34. The second-order valence-electron chi connectivity index (χ2n) is 6.23. The lowest BCUT2D eigenvalue weighted by Crippen LogP contribution is -2.50. The smallest absolute Gasteiger partial charge is 0.336 e. The molecule has 1 fully saturated rings. The van der Waals surface area contributed by atoms with Crippen LogP contribution in [0.4, 0.5) is 13.2 Å². The van der Waals surface area contributed by atoms with Gasteiger partial charge in [0.25, 0.3) is 5.91 Å². The van der Waals surface area contributed by atoms with E-state index in [9.17, 15) is 26.4 Å². The lowest BCUT2D eigenvalue weighted by atomic mass is 10.2. The highest BCUT2D eigenvalue weighted by molar-refractivity contribution is 7.89. The summed E-state index contributed by atoms with van der Waals surface area (Å²) in [6, 6.07) is 10.1. The number of hydrogen-bond acceptors (Lipinski definition) is 3. The molecular weight excluding hydrogens is 417 g/mol. The highest BCUT2D eigenvalue weighted by Gasteiger charge is 2.34. The molecule has 0 atom stereocenters. The Morgan fingerprint density at radius 2 is 1.61 bits per heavy atom. The van der Waals surface area contributed by atoms with Crippen LogP contribution < -0.4 is 0 Å². The van der Waals surface area contributed by atoms with Gasteiger partial charge in [-0.25, -0.2) is 8.42 Å². The van der Waals surface area contributed by atoms with Crippen LogP contribution in [0, 0.1) is 0 Å². The molecule has 0 saturated carbocycles. The Balaban J connectivity index is 1.73. The standard InChI is InChI=1S/C18H16ClF3N2O3S/c19-15-5-1-3-13(11-15)17(25)23-7-9-24(10-8-23)28(26,27)16-6-2-4-14(12-16)18(20,21)22/h1-6,11-12H,7-10H2. The minimum absolute atomic E-state index is 0.00904. The highest BCUT2D eigenvalue weighted by atomic mass is 35.5. The molecular formula is C18H16ClF3N2O3S. The van der Waals surface area contributed by atoms with Gasteiger partial charge in [-0.1, -0.05) is 23.7 Å². The largest absolute Gasteiger partial charge is 0.416 e. The third-order valence-corrected chi connectivity index (χ3v) is 6.53. The van der Waals surface area contributed by atoms with Crippen LogP contribution in [0.3, 0.4) is 0 Å². The number of carbonyl (C=O) groups is 1. The summed E-state index contributed by atoms with van der Waals surface area (Å²) >= 11 is 5.89. The zero-order valence-corrected chi connectivity index (χ0v) is 16.1. The number of halogens is 4. The van der Waals surface area contributed by atoms with Crippen molar-refractivity contribution in [2.24, 2.45) is 0 Å². The van der Waals surface area contributed by atoms with Gasteiger partial charge in [-0.3, -0.25) is 4.79 Å². The fourth-order valence-electron chi connectivity index (χ4n) is 2.92. The Bertz CT molecular complexity index is 988. The number of rotatable bonds is 3. The zero-order valence-electron chi connectivity index (χ0n) is 14.5. The lowest BCUT2D eigenvalue weighted by molar-refractivity contribution is -0.137. The summed E-state index contributed by atoms with van der Waals surface area (Å²) in [6.45, 7) is 0.239. The van der Waals surface area contributed by atoms with Crippen LogP contribution in [0.5, 0.6) is 0 Å². The van der Waals surface area contributed by atoms with Gasteiger partial charge >= 0.3 is 6.18 Å². The fourth-order valence-corrected chi connectivity index (χ4v) is 4.58. The molecule has 10 heteroatoms. The molecule has 0 aromatic heterocycles. The topological polar surface area (TPSA) is 57.7 Å². The van der Waals surface area contributed by atoms with Gasteiger partial charge in [0, 0.05) is 36.8 Å². The minimum atomic E-state index is -4.63. The maximum absolute atomic E-state index is 12.9. The van der Waals surface area contributed by atoms with E-state index >= 15 is 0 Å². The van der Waals surface area contributed by atoms with E-state index in [1.807, 2.05) is 0 Å². The molecule has 5 nitrogen and oxygen atoms in total. The van der Waals surface area contributed by atoms with Gasteiger partial charge in [0.05, 0.1) is 10.5 Å². The quantitative estimate of drug-likeness (QED) is 0.745. The number of carbonyl (C=O) groups excluding carboxylic acids is 1. The van der Waals surface area contributed by atoms with Gasteiger partial charge < -0.3 is 4.90 Å². The number of nitrogens with zero attached hydrogens (tertiary/aromatic N) is 2. The van der Waals surface area contributed by atoms with Crippen molar-refractivity contribution in [3.8, 4) is 0 Å². The Kier molecular flexibility index (Phi) is 5.69. The van der Waals surface area contributed by atoms with E-state index in [1.54, 1.807) is 18.2 Å². The van der Waals surface area contributed by atoms with Crippen molar-refractivity contribution in [3.05, 3.63) is 64.7 Å². The summed E-state index contributed by atoms with van der Waals surface area (Å²) in [5.41, 5.74) is -0.634. The molecule has 2 aromatic rings. The van der Waals surface area contributed by atoms with Gasteiger partial charge in [0.2, 0.25) is 10.0 Å². The van der Waals surface area contributed by atoms with Crippen LogP contribution in [0.25, 0.3) is 0 Å². The van der Waals surface area contributed by atoms with Crippen molar-refractivity contribution < 1.29 is 26.4 Å².